The van der Waals surface area contributed by atoms with Gasteiger partial charge in [0.05, 0.1) is 12.2 Å². The van der Waals surface area contributed by atoms with Crippen LogP contribution >= 0.6 is 0 Å². The molecule has 5 unspecified atom stereocenters. The Bertz CT molecular complexity index is 279. The second kappa shape index (κ2) is 7.29. The van der Waals surface area contributed by atoms with E-state index < -0.39 is 0 Å². The van der Waals surface area contributed by atoms with E-state index in [9.17, 15) is 0 Å². The van der Waals surface area contributed by atoms with Crippen LogP contribution in [-0.4, -0.2) is 12.2 Å². The molecule has 0 saturated carbocycles. The van der Waals surface area contributed by atoms with Gasteiger partial charge in [-0.25, -0.2) is 0 Å². The van der Waals surface area contributed by atoms with Gasteiger partial charge in [0.2, 0.25) is 0 Å². The molecule has 5 atom stereocenters. The minimum absolute atomic E-state index is 0.404. The Balaban J connectivity index is 3.09. The largest absolute Gasteiger partial charge is 0.375 e. The molecule has 1 aliphatic rings. The fourth-order valence-electron chi connectivity index (χ4n) is 4.70. The quantitative estimate of drug-likeness (QED) is 0.634. The fourth-order valence-corrected chi connectivity index (χ4v) is 4.70. The molecule has 0 aromatic rings. The Kier molecular flexibility index (Phi) is 6.57. The summed E-state index contributed by atoms with van der Waals surface area (Å²) < 4.78 is 6.53. The van der Waals surface area contributed by atoms with E-state index >= 15 is 0 Å². The van der Waals surface area contributed by atoms with Crippen molar-refractivity contribution in [2.75, 3.05) is 0 Å². The number of ether oxygens (including phenoxy) is 1. The van der Waals surface area contributed by atoms with Crippen LogP contribution in [0.25, 0.3) is 0 Å². The van der Waals surface area contributed by atoms with Crippen LogP contribution in [-0.2, 0) is 4.74 Å². The van der Waals surface area contributed by atoms with Crippen LogP contribution in [0, 0.1) is 41.4 Å². The SMILES string of the molecule is CC(C)CC1OC(C)C(C(C)C)C(C(C)C)C1C(C)C. The molecule has 1 aliphatic heterocycles. The van der Waals surface area contributed by atoms with Gasteiger partial charge in [-0.1, -0.05) is 55.4 Å². The normalized spacial score (nSPS) is 35.5. The first-order chi connectivity index (χ1) is 9.16. The van der Waals surface area contributed by atoms with Crippen molar-refractivity contribution >= 4 is 0 Å². The predicted octanol–water partition coefficient (Wildman–Crippen LogP) is 5.64. The summed E-state index contributed by atoms with van der Waals surface area (Å²) in [4.78, 5) is 0. The van der Waals surface area contributed by atoms with Crippen LogP contribution in [0.3, 0.4) is 0 Å². The van der Waals surface area contributed by atoms with Gasteiger partial charge in [-0.05, 0) is 54.8 Å². The third-order valence-corrected chi connectivity index (χ3v) is 5.26. The van der Waals surface area contributed by atoms with Crippen molar-refractivity contribution in [2.45, 2.75) is 80.9 Å². The van der Waals surface area contributed by atoms with Gasteiger partial charge in [0.25, 0.3) is 0 Å². The summed E-state index contributed by atoms with van der Waals surface area (Å²) in [5, 5.41) is 0. The molecule has 1 saturated heterocycles. The van der Waals surface area contributed by atoms with Crippen molar-refractivity contribution in [3.8, 4) is 0 Å². The van der Waals surface area contributed by atoms with Crippen molar-refractivity contribution in [1.82, 2.24) is 0 Å². The van der Waals surface area contributed by atoms with Gasteiger partial charge >= 0.3 is 0 Å². The topological polar surface area (TPSA) is 9.23 Å². The van der Waals surface area contributed by atoms with E-state index in [4.69, 9.17) is 4.74 Å². The van der Waals surface area contributed by atoms with E-state index in [2.05, 4.69) is 62.3 Å². The minimum Gasteiger partial charge on any atom is -0.375 e. The Morgan fingerprint density at radius 1 is 0.700 bits per heavy atom. The van der Waals surface area contributed by atoms with Gasteiger partial charge in [0, 0.05) is 0 Å². The monoisotopic (exact) mass is 282 g/mol. The predicted molar refractivity (Wildman–Crippen MR) is 88.8 cm³/mol. The van der Waals surface area contributed by atoms with Gasteiger partial charge in [-0.3, -0.25) is 0 Å². The van der Waals surface area contributed by atoms with Crippen molar-refractivity contribution in [3.63, 3.8) is 0 Å². The fraction of sp³-hybridized carbons (Fsp3) is 1.00. The van der Waals surface area contributed by atoms with Crippen molar-refractivity contribution in [1.29, 1.82) is 0 Å². The molecule has 0 radical (unpaired) electrons. The highest BCUT2D eigenvalue weighted by Gasteiger charge is 2.47. The first-order valence-corrected chi connectivity index (χ1v) is 8.82. The van der Waals surface area contributed by atoms with E-state index in [1.165, 1.54) is 6.42 Å². The molecule has 1 fully saturated rings. The zero-order valence-electron chi connectivity index (χ0n) is 15.3. The summed E-state index contributed by atoms with van der Waals surface area (Å²) in [6, 6.07) is 0. The Morgan fingerprint density at radius 2 is 1.15 bits per heavy atom. The highest BCUT2D eigenvalue weighted by Crippen LogP contribution is 2.47. The van der Waals surface area contributed by atoms with Gasteiger partial charge in [0.1, 0.15) is 0 Å². The van der Waals surface area contributed by atoms with Gasteiger partial charge in [-0.15, -0.1) is 0 Å². The van der Waals surface area contributed by atoms with Crippen LogP contribution in [0.2, 0.25) is 0 Å². The maximum Gasteiger partial charge on any atom is 0.0614 e. The number of hydrogen-bond donors (Lipinski definition) is 0. The average molecular weight is 283 g/mol. The highest BCUT2D eigenvalue weighted by atomic mass is 16.5. The van der Waals surface area contributed by atoms with Crippen LogP contribution in [0.4, 0.5) is 0 Å². The molecule has 0 spiro atoms. The summed E-state index contributed by atoms with van der Waals surface area (Å²) in [5.74, 6) is 5.08. The molecule has 1 nitrogen and oxygen atoms in total. The maximum absolute atomic E-state index is 6.53. The zero-order valence-corrected chi connectivity index (χ0v) is 15.3. The smallest absolute Gasteiger partial charge is 0.0614 e. The standard InChI is InChI=1S/C19H38O/c1-11(2)10-16-18(13(5)6)19(14(7)8)17(12(3)4)15(9)20-16/h11-19H,10H2,1-9H3. The zero-order chi connectivity index (χ0) is 15.6. The lowest BCUT2D eigenvalue weighted by atomic mass is 9.61. The van der Waals surface area contributed by atoms with E-state index in [-0.39, 0.29) is 0 Å². The summed E-state index contributed by atoms with van der Waals surface area (Å²) >= 11 is 0. The van der Waals surface area contributed by atoms with Crippen molar-refractivity contribution in [2.24, 2.45) is 41.4 Å². The Labute approximate surface area is 127 Å². The van der Waals surface area contributed by atoms with Crippen LogP contribution in [0.5, 0.6) is 0 Å². The molecule has 20 heavy (non-hydrogen) atoms. The van der Waals surface area contributed by atoms with Crippen molar-refractivity contribution < 1.29 is 4.74 Å². The molecule has 0 N–H and O–H groups in total. The molecular weight excluding hydrogens is 244 g/mol. The molecule has 0 bridgehead atoms. The first kappa shape index (κ1) is 18.0. The molecule has 0 aliphatic carbocycles. The lowest BCUT2D eigenvalue weighted by Gasteiger charge is -2.52. The van der Waals surface area contributed by atoms with Crippen molar-refractivity contribution in [3.05, 3.63) is 0 Å². The van der Waals surface area contributed by atoms with E-state index in [0.717, 1.165) is 17.8 Å². The molecule has 0 aromatic carbocycles. The molecule has 0 aromatic heterocycles. The van der Waals surface area contributed by atoms with Crippen LogP contribution in [0.1, 0.15) is 68.7 Å². The lowest BCUT2D eigenvalue weighted by Crippen LogP contribution is -2.52. The van der Waals surface area contributed by atoms with E-state index in [1.54, 1.807) is 0 Å². The second-order valence-corrected chi connectivity index (χ2v) is 8.47. The number of hydrogen-bond acceptors (Lipinski definition) is 1. The minimum atomic E-state index is 0.404. The molecule has 1 rings (SSSR count). The number of rotatable bonds is 5. The van der Waals surface area contributed by atoms with Crippen LogP contribution in [0.15, 0.2) is 0 Å². The highest BCUT2D eigenvalue weighted by molar-refractivity contribution is 4.94. The van der Waals surface area contributed by atoms with Gasteiger partial charge in [0.15, 0.2) is 0 Å². The molecular formula is C19H38O. The summed E-state index contributed by atoms with van der Waals surface area (Å²) in [6.07, 6.45) is 2.06. The first-order valence-electron chi connectivity index (χ1n) is 8.82. The Morgan fingerprint density at radius 3 is 1.50 bits per heavy atom. The summed E-state index contributed by atoms with van der Waals surface area (Å²) in [6.45, 7) is 21.3. The molecule has 1 heterocycles. The third kappa shape index (κ3) is 4.00. The maximum atomic E-state index is 6.53. The molecule has 120 valence electrons. The lowest BCUT2D eigenvalue weighted by molar-refractivity contribution is -0.175. The third-order valence-electron chi connectivity index (χ3n) is 5.26. The van der Waals surface area contributed by atoms with Gasteiger partial charge in [-0.2, -0.15) is 0 Å². The molecule has 1 heteroatoms. The summed E-state index contributed by atoms with van der Waals surface area (Å²) in [5.41, 5.74) is 0. The van der Waals surface area contributed by atoms with E-state index in [1.807, 2.05) is 0 Å². The average Bonchev–Trinajstić information content (AvgIpc) is 2.25. The van der Waals surface area contributed by atoms with Gasteiger partial charge < -0.3 is 4.74 Å². The van der Waals surface area contributed by atoms with E-state index in [0.29, 0.717) is 35.9 Å². The summed E-state index contributed by atoms with van der Waals surface area (Å²) in [7, 11) is 0. The second-order valence-electron chi connectivity index (χ2n) is 8.47. The Hall–Kier alpha value is -0.0400. The molecule has 0 amide bonds. The van der Waals surface area contributed by atoms with Crippen LogP contribution < -0.4 is 0 Å².